The first-order valence-electron chi connectivity index (χ1n) is 42.7. The van der Waals surface area contributed by atoms with Gasteiger partial charge in [0, 0.05) is 25.7 Å². The lowest BCUT2D eigenvalue weighted by Crippen LogP contribution is -2.30. The molecular weight excluding hydrogens is 1330 g/mol. The Kier molecular flexibility index (Phi) is 70.6. The molecule has 0 aromatic carbocycles. The van der Waals surface area contributed by atoms with Crippen LogP contribution in [-0.4, -0.2) is 96.7 Å². The van der Waals surface area contributed by atoms with Gasteiger partial charge in [-0.25, -0.2) is 9.13 Å². The summed E-state index contributed by atoms with van der Waals surface area (Å²) in [6.45, 7) is 14.3. The molecule has 0 saturated carbocycles. The van der Waals surface area contributed by atoms with Crippen molar-refractivity contribution in [1.82, 2.24) is 0 Å². The number of ether oxygens (including phenoxy) is 4. The molecule has 606 valence electrons. The molecule has 0 fully saturated rings. The van der Waals surface area contributed by atoms with Crippen LogP contribution in [0.25, 0.3) is 0 Å². The van der Waals surface area contributed by atoms with E-state index < -0.39 is 97.5 Å². The Morgan fingerprint density at radius 3 is 0.696 bits per heavy atom. The van der Waals surface area contributed by atoms with E-state index in [1.54, 1.807) is 0 Å². The van der Waals surface area contributed by atoms with Crippen molar-refractivity contribution in [3.05, 3.63) is 0 Å². The van der Waals surface area contributed by atoms with E-state index in [4.69, 9.17) is 37.0 Å². The highest BCUT2D eigenvalue weighted by molar-refractivity contribution is 7.47. The third kappa shape index (κ3) is 74.9. The summed E-state index contributed by atoms with van der Waals surface area (Å²) in [7, 11) is -9.92. The quantitative estimate of drug-likeness (QED) is 0.0222. The number of carbonyl (C=O) groups excluding carboxylic acids is 4. The van der Waals surface area contributed by atoms with Crippen LogP contribution in [0.3, 0.4) is 0 Å². The molecule has 0 spiro atoms. The van der Waals surface area contributed by atoms with E-state index in [9.17, 15) is 43.2 Å². The lowest BCUT2D eigenvalue weighted by molar-refractivity contribution is -0.161. The zero-order valence-electron chi connectivity index (χ0n) is 67.2. The molecule has 0 aliphatic carbocycles. The Bertz CT molecular complexity index is 1990. The van der Waals surface area contributed by atoms with Crippen molar-refractivity contribution >= 4 is 39.5 Å². The minimum Gasteiger partial charge on any atom is -0.462 e. The van der Waals surface area contributed by atoms with Crippen molar-refractivity contribution in [3.8, 4) is 0 Å². The summed E-state index contributed by atoms with van der Waals surface area (Å²) in [5.74, 6) is 0.997. The number of phosphoric acid groups is 2. The lowest BCUT2D eigenvalue weighted by atomic mass is 9.99. The summed E-state index contributed by atoms with van der Waals surface area (Å²) in [6.07, 6.45) is 59.9. The number of hydrogen-bond donors (Lipinski definition) is 3. The molecule has 0 aliphatic heterocycles. The predicted molar refractivity (Wildman–Crippen MR) is 418 cm³/mol. The highest BCUT2D eigenvalue weighted by Gasteiger charge is 2.30. The number of carbonyl (C=O) groups is 4. The highest BCUT2D eigenvalue weighted by atomic mass is 31.2. The maximum Gasteiger partial charge on any atom is 0.472 e. The van der Waals surface area contributed by atoms with Gasteiger partial charge in [0.05, 0.1) is 26.4 Å². The van der Waals surface area contributed by atoms with Gasteiger partial charge in [0.2, 0.25) is 0 Å². The van der Waals surface area contributed by atoms with Gasteiger partial charge in [-0.15, -0.1) is 0 Å². The molecule has 4 unspecified atom stereocenters. The highest BCUT2D eigenvalue weighted by Crippen LogP contribution is 2.45. The van der Waals surface area contributed by atoms with Crippen molar-refractivity contribution in [2.75, 3.05) is 39.6 Å². The third-order valence-corrected chi connectivity index (χ3v) is 21.6. The fraction of sp³-hybridized carbons (Fsp3) is 0.952. The maximum atomic E-state index is 13.1. The van der Waals surface area contributed by atoms with Crippen LogP contribution in [0.2, 0.25) is 0 Å². The van der Waals surface area contributed by atoms with Crippen LogP contribution in [0.4, 0.5) is 0 Å². The fourth-order valence-corrected chi connectivity index (χ4v) is 14.3. The van der Waals surface area contributed by atoms with Crippen molar-refractivity contribution in [2.24, 2.45) is 23.7 Å². The average molecular weight is 1490 g/mol. The van der Waals surface area contributed by atoms with Crippen molar-refractivity contribution in [2.45, 2.75) is 446 Å². The van der Waals surface area contributed by atoms with Crippen LogP contribution in [-0.2, 0) is 65.4 Å². The molecule has 6 atom stereocenters. The van der Waals surface area contributed by atoms with Gasteiger partial charge in [0.25, 0.3) is 0 Å². The summed E-state index contributed by atoms with van der Waals surface area (Å²) >= 11 is 0. The lowest BCUT2D eigenvalue weighted by Gasteiger charge is -2.21. The number of hydrogen-bond acceptors (Lipinski definition) is 15. The molecule has 0 heterocycles. The summed E-state index contributed by atoms with van der Waals surface area (Å²) in [5.41, 5.74) is 0. The minimum atomic E-state index is -4.96. The van der Waals surface area contributed by atoms with Gasteiger partial charge in [-0.2, -0.15) is 0 Å². The molecule has 17 nitrogen and oxygen atoms in total. The monoisotopic (exact) mass is 1490 g/mol. The molecule has 3 N–H and O–H groups in total. The van der Waals surface area contributed by atoms with E-state index in [0.29, 0.717) is 31.6 Å². The van der Waals surface area contributed by atoms with Gasteiger partial charge < -0.3 is 33.8 Å². The van der Waals surface area contributed by atoms with Gasteiger partial charge in [-0.1, -0.05) is 376 Å². The Labute approximate surface area is 626 Å². The molecule has 19 heteroatoms. The number of aliphatic hydroxyl groups excluding tert-OH is 1. The normalized spacial score (nSPS) is 14.3. The standard InChI is InChI=1S/C83H162O17P2/c1-9-76(8)62-54-46-38-29-25-21-17-12-10-11-13-18-22-26-30-40-49-57-66-83(88)100-79(70-94-81(86)64-56-48-42-34-37-45-53-61-75(6)7)72-98-102(91,92)96-68-77(84)67-95-101(89,90)97-71-78(69-93-80(85)63-55-47-39-33-32-36-44-52-60-74(4)5)99-82(87)65-58-50-41-31-27-23-19-15-14-16-20-24-28-35-43-51-59-73(2)3/h73-79,84H,9-72H2,1-8H3,(H,89,90)(H,91,92)/t76?,77?,78-,79-/m1/s1. The van der Waals surface area contributed by atoms with Crippen LogP contribution in [0.1, 0.15) is 428 Å². The molecule has 0 aromatic rings. The first-order chi connectivity index (χ1) is 49.1. The number of phosphoric ester groups is 2. The van der Waals surface area contributed by atoms with E-state index in [0.717, 1.165) is 114 Å². The molecule has 0 aliphatic rings. The summed E-state index contributed by atoms with van der Waals surface area (Å²) < 4.78 is 68.7. The van der Waals surface area contributed by atoms with Gasteiger partial charge in [-0.3, -0.25) is 37.3 Å². The van der Waals surface area contributed by atoms with Crippen molar-refractivity contribution in [1.29, 1.82) is 0 Å². The van der Waals surface area contributed by atoms with Crippen LogP contribution in [0.5, 0.6) is 0 Å². The van der Waals surface area contributed by atoms with E-state index in [2.05, 4.69) is 55.4 Å². The van der Waals surface area contributed by atoms with Crippen molar-refractivity contribution < 1.29 is 80.2 Å². The Balaban J connectivity index is 5.17. The Hall–Kier alpha value is -1.94. The first-order valence-corrected chi connectivity index (χ1v) is 45.7. The second-order valence-corrected chi connectivity index (χ2v) is 34.4. The largest absolute Gasteiger partial charge is 0.472 e. The third-order valence-electron chi connectivity index (χ3n) is 19.7. The molecule has 0 bridgehead atoms. The van der Waals surface area contributed by atoms with Gasteiger partial charge in [0.1, 0.15) is 19.3 Å². The zero-order valence-corrected chi connectivity index (χ0v) is 69.0. The second-order valence-electron chi connectivity index (χ2n) is 31.5. The topological polar surface area (TPSA) is 237 Å². The molecule has 0 amide bonds. The van der Waals surface area contributed by atoms with Crippen LogP contribution < -0.4 is 0 Å². The smallest absolute Gasteiger partial charge is 0.462 e. The van der Waals surface area contributed by atoms with E-state index >= 15 is 0 Å². The predicted octanol–water partition coefficient (Wildman–Crippen LogP) is 24.8. The number of unbranched alkanes of at least 4 members (excludes halogenated alkanes) is 45. The van der Waals surface area contributed by atoms with Gasteiger partial charge >= 0.3 is 39.5 Å². The summed E-state index contributed by atoms with van der Waals surface area (Å²) in [6, 6.07) is 0. The maximum absolute atomic E-state index is 13.1. The van der Waals surface area contributed by atoms with Gasteiger partial charge in [0.15, 0.2) is 12.2 Å². The Morgan fingerprint density at radius 2 is 0.471 bits per heavy atom. The second kappa shape index (κ2) is 72.0. The van der Waals surface area contributed by atoms with E-state index in [1.807, 2.05) is 0 Å². The van der Waals surface area contributed by atoms with Gasteiger partial charge in [-0.05, 0) is 49.4 Å². The van der Waals surface area contributed by atoms with Crippen LogP contribution >= 0.6 is 15.6 Å². The molecule has 0 rings (SSSR count). The first kappa shape index (κ1) is 100. The molecule has 0 aromatic heterocycles. The number of esters is 4. The van der Waals surface area contributed by atoms with Crippen LogP contribution in [0, 0.1) is 23.7 Å². The summed E-state index contributed by atoms with van der Waals surface area (Å²) in [4.78, 5) is 73.0. The summed E-state index contributed by atoms with van der Waals surface area (Å²) in [5, 5.41) is 10.6. The number of aliphatic hydroxyl groups is 1. The molecule has 0 saturated heterocycles. The van der Waals surface area contributed by atoms with E-state index in [-0.39, 0.29) is 25.7 Å². The zero-order chi connectivity index (χ0) is 75.3. The Morgan fingerprint density at radius 1 is 0.275 bits per heavy atom. The fourth-order valence-electron chi connectivity index (χ4n) is 12.8. The van der Waals surface area contributed by atoms with Crippen LogP contribution in [0.15, 0.2) is 0 Å². The molecule has 102 heavy (non-hydrogen) atoms. The molecular formula is C83H162O17P2. The number of rotatable bonds is 80. The average Bonchev–Trinajstić information content (AvgIpc) is 0.918. The SMILES string of the molecule is CCC(C)CCCCCCCCCCCCCCCCCCCCC(=O)O[C@H](COC(=O)CCCCCCCCCC(C)C)COP(=O)(O)OCC(O)COP(=O)(O)OC[C@@H](COC(=O)CCCCCCCCCCC(C)C)OC(=O)CCCCCCCCCCCCCCCCCCC(C)C. The molecule has 0 radical (unpaired) electrons. The van der Waals surface area contributed by atoms with Crippen molar-refractivity contribution in [3.63, 3.8) is 0 Å². The van der Waals surface area contributed by atoms with E-state index in [1.165, 1.54) is 225 Å². The minimum absolute atomic E-state index is 0.107.